The molecule has 3 rings (SSSR count). The molecule has 6 heteroatoms. The van der Waals surface area contributed by atoms with Crippen LogP contribution < -0.4 is 10.6 Å². The van der Waals surface area contributed by atoms with E-state index in [0.717, 1.165) is 10.5 Å². The van der Waals surface area contributed by atoms with E-state index < -0.39 is 5.82 Å². The lowest BCUT2D eigenvalue weighted by Gasteiger charge is -2.12. The zero-order valence-corrected chi connectivity index (χ0v) is 13.2. The molecule has 0 spiro atoms. The topological polar surface area (TPSA) is 58.2 Å². The van der Waals surface area contributed by atoms with Crippen molar-refractivity contribution < 1.29 is 14.0 Å². The first-order valence-electron chi connectivity index (χ1n) is 7.15. The highest BCUT2D eigenvalue weighted by atomic mass is 32.2. The van der Waals surface area contributed by atoms with Crippen molar-refractivity contribution in [3.8, 4) is 0 Å². The van der Waals surface area contributed by atoms with Crippen molar-refractivity contribution in [3.05, 3.63) is 53.8 Å². The summed E-state index contributed by atoms with van der Waals surface area (Å²) in [5, 5.41) is 4.98. The quantitative estimate of drug-likeness (QED) is 0.906. The molecule has 0 saturated heterocycles. The molecule has 0 aliphatic carbocycles. The normalized spacial score (nSPS) is 15.8. The van der Waals surface area contributed by atoms with E-state index in [2.05, 4.69) is 10.6 Å². The summed E-state index contributed by atoms with van der Waals surface area (Å²) in [6.07, 6.45) is 0.673. The monoisotopic (exact) mass is 330 g/mol. The number of rotatable bonds is 3. The Labute approximate surface area is 137 Å². The van der Waals surface area contributed by atoms with Gasteiger partial charge in [-0.3, -0.25) is 9.59 Å². The Bertz CT molecular complexity index is 754. The number of thioether (sulfide) groups is 1. The second kappa shape index (κ2) is 6.42. The Balaban J connectivity index is 1.70. The molecule has 0 fully saturated rings. The average molecular weight is 330 g/mol. The molecule has 23 heavy (non-hydrogen) atoms. The summed E-state index contributed by atoms with van der Waals surface area (Å²) in [5.74, 6) is -1.04. The van der Waals surface area contributed by atoms with Crippen LogP contribution in [0.1, 0.15) is 12.5 Å². The molecule has 1 atom stereocenters. The van der Waals surface area contributed by atoms with Crippen molar-refractivity contribution in [1.29, 1.82) is 0 Å². The Morgan fingerprint density at radius 2 is 1.96 bits per heavy atom. The van der Waals surface area contributed by atoms with Gasteiger partial charge in [0.15, 0.2) is 0 Å². The fourth-order valence-corrected chi connectivity index (χ4v) is 3.63. The van der Waals surface area contributed by atoms with Gasteiger partial charge in [-0.2, -0.15) is 0 Å². The van der Waals surface area contributed by atoms with Gasteiger partial charge in [-0.05, 0) is 36.2 Å². The minimum Gasteiger partial charge on any atom is -0.325 e. The third-order valence-electron chi connectivity index (χ3n) is 3.48. The zero-order chi connectivity index (χ0) is 16.4. The molecule has 0 bridgehead atoms. The number of halogens is 1. The van der Waals surface area contributed by atoms with Crippen LogP contribution in [0.5, 0.6) is 0 Å². The Kier molecular flexibility index (Phi) is 4.34. The molecular weight excluding hydrogens is 315 g/mol. The third-order valence-corrected chi connectivity index (χ3v) is 4.80. The van der Waals surface area contributed by atoms with E-state index in [1.807, 2.05) is 24.3 Å². The highest BCUT2D eigenvalue weighted by molar-refractivity contribution is 8.01. The van der Waals surface area contributed by atoms with E-state index in [1.54, 1.807) is 0 Å². The van der Waals surface area contributed by atoms with Gasteiger partial charge in [0.2, 0.25) is 11.8 Å². The summed E-state index contributed by atoms with van der Waals surface area (Å²) in [6.45, 7) is 1.30. The largest absolute Gasteiger partial charge is 0.325 e. The first-order valence-corrected chi connectivity index (χ1v) is 8.03. The summed E-state index contributed by atoms with van der Waals surface area (Å²) in [6, 6.07) is 12.0. The molecule has 4 nitrogen and oxygen atoms in total. The molecule has 1 aliphatic heterocycles. The molecule has 2 N–H and O–H groups in total. The number of hydrogen-bond donors (Lipinski definition) is 2. The van der Waals surface area contributed by atoms with Crippen molar-refractivity contribution in [2.45, 2.75) is 23.5 Å². The number of carbonyl (C=O) groups is 2. The SMILES string of the molecule is CC(=O)Nc1cc(NC(=O)C2Cc3ccccc3S2)ccc1F. The van der Waals surface area contributed by atoms with Crippen molar-refractivity contribution in [3.63, 3.8) is 0 Å². The number of hydrogen-bond acceptors (Lipinski definition) is 3. The van der Waals surface area contributed by atoms with Crippen molar-refractivity contribution in [2.24, 2.45) is 0 Å². The smallest absolute Gasteiger partial charge is 0.238 e. The number of amides is 2. The first kappa shape index (κ1) is 15.6. The van der Waals surface area contributed by atoms with Gasteiger partial charge in [0.1, 0.15) is 5.82 Å². The fraction of sp³-hybridized carbons (Fsp3) is 0.176. The number of anilines is 2. The third kappa shape index (κ3) is 3.53. The van der Waals surface area contributed by atoms with Crippen LogP contribution in [0.25, 0.3) is 0 Å². The van der Waals surface area contributed by atoms with Crippen LogP contribution in [0.3, 0.4) is 0 Å². The first-order chi connectivity index (χ1) is 11.0. The molecule has 1 heterocycles. The van der Waals surface area contributed by atoms with Crippen LogP contribution in [0.2, 0.25) is 0 Å². The number of benzene rings is 2. The fourth-order valence-electron chi connectivity index (χ4n) is 2.44. The minimum atomic E-state index is -0.541. The maximum absolute atomic E-state index is 13.6. The number of fused-ring (bicyclic) bond motifs is 1. The second-order valence-electron chi connectivity index (χ2n) is 5.28. The predicted molar refractivity (Wildman–Crippen MR) is 89.1 cm³/mol. The second-order valence-corrected chi connectivity index (χ2v) is 6.53. The van der Waals surface area contributed by atoms with Gasteiger partial charge in [-0.1, -0.05) is 18.2 Å². The number of nitrogens with one attached hydrogen (secondary N) is 2. The summed E-state index contributed by atoms with van der Waals surface area (Å²) in [7, 11) is 0. The maximum atomic E-state index is 13.6. The molecule has 2 amide bonds. The van der Waals surface area contributed by atoms with Gasteiger partial charge >= 0.3 is 0 Å². The summed E-state index contributed by atoms with van der Waals surface area (Å²) >= 11 is 1.53. The Morgan fingerprint density at radius 3 is 2.70 bits per heavy atom. The lowest BCUT2D eigenvalue weighted by Crippen LogP contribution is -2.24. The highest BCUT2D eigenvalue weighted by Gasteiger charge is 2.28. The van der Waals surface area contributed by atoms with Gasteiger partial charge in [0, 0.05) is 17.5 Å². The van der Waals surface area contributed by atoms with Crippen molar-refractivity contribution in [1.82, 2.24) is 0 Å². The lowest BCUT2D eigenvalue weighted by molar-refractivity contribution is -0.116. The van der Waals surface area contributed by atoms with Crippen molar-refractivity contribution in [2.75, 3.05) is 10.6 Å². The predicted octanol–water partition coefficient (Wildman–Crippen LogP) is 3.44. The van der Waals surface area contributed by atoms with Crippen LogP contribution in [0.15, 0.2) is 47.4 Å². The van der Waals surface area contributed by atoms with E-state index in [9.17, 15) is 14.0 Å². The summed E-state index contributed by atoms with van der Waals surface area (Å²) < 4.78 is 13.6. The molecule has 2 aromatic rings. The van der Waals surface area contributed by atoms with Crippen LogP contribution in [-0.2, 0) is 16.0 Å². The van der Waals surface area contributed by atoms with E-state index in [-0.39, 0.29) is 22.8 Å². The molecule has 1 aliphatic rings. The molecule has 0 saturated carbocycles. The number of carbonyl (C=O) groups excluding carboxylic acids is 2. The zero-order valence-electron chi connectivity index (χ0n) is 12.4. The van der Waals surface area contributed by atoms with E-state index in [0.29, 0.717) is 12.1 Å². The standard InChI is InChI=1S/C17H15FN2O2S/c1-10(21)19-14-9-12(6-7-13(14)18)20-17(22)16-8-11-4-2-3-5-15(11)23-16/h2-7,9,16H,8H2,1H3,(H,19,21)(H,20,22). The molecular formula is C17H15FN2O2S. The molecule has 2 aromatic carbocycles. The van der Waals surface area contributed by atoms with Gasteiger partial charge in [0.25, 0.3) is 0 Å². The molecule has 0 aromatic heterocycles. The van der Waals surface area contributed by atoms with E-state index >= 15 is 0 Å². The summed E-state index contributed by atoms with van der Waals surface area (Å²) in [4.78, 5) is 24.6. The van der Waals surface area contributed by atoms with Gasteiger partial charge in [-0.25, -0.2) is 4.39 Å². The van der Waals surface area contributed by atoms with Gasteiger partial charge in [0.05, 0.1) is 10.9 Å². The van der Waals surface area contributed by atoms with Crippen LogP contribution in [-0.4, -0.2) is 17.1 Å². The van der Waals surface area contributed by atoms with Crippen LogP contribution in [0, 0.1) is 5.82 Å². The van der Waals surface area contributed by atoms with Crippen LogP contribution in [0.4, 0.5) is 15.8 Å². The maximum Gasteiger partial charge on any atom is 0.238 e. The molecule has 118 valence electrons. The summed E-state index contributed by atoms with van der Waals surface area (Å²) in [5.41, 5.74) is 1.67. The van der Waals surface area contributed by atoms with Gasteiger partial charge < -0.3 is 10.6 Å². The Morgan fingerprint density at radius 1 is 1.17 bits per heavy atom. The average Bonchev–Trinajstić information content (AvgIpc) is 2.94. The molecule has 1 unspecified atom stereocenters. The van der Waals surface area contributed by atoms with Gasteiger partial charge in [-0.15, -0.1) is 11.8 Å². The van der Waals surface area contributed by atoms with E-state index in [4.69, 9.17) is 0 Å². The van der Waals surface area contributed by atoms with Crippen molar-refractivity contribution >= 4 is 35.0 Å². The van der Waals surface area contributed by atoms with Crippen LogP contribution >= 0.6 is 11.8 Å². The van der Waals surface area contributed by atoms with E-state index in [1.165, 1.54) is 36.9 Å². The lowest BCUT2D eigenvalue weighted by atomic mass is 10.1. The Hall–Kier alpha value is -2.34. The minimum absolute atomic E-state index is 0.0534. The molecule has 0 radical (unpaired) electrons. The highest BCUT2D eigenvalue weighted by Crippen LogP contribution is 2.37.